The minimum Gasteiger partial charge on any atom is -0.342 e. The Kier molecular flexibility index (Phi) is 4.05. The third kappa shape index (κ3) is 3.03. The van der Waals surface area contributed by atoms with Gasteiger partial charge in [-0.1, -0.05) is 0 Å². The molecule has 20 heavy (non-hydrogen) atoms. The maximum absolute atomic E-state index is 12.0. The maximum Gasteiger partial charge on any atom is 0.225 e. The fraction of sp³-hybridized carbons (Fsp3) is 0.733. The van der Waals surface area contributed by atoms with E-state index in [0.717, 1.165) is 57.7 Å². The van der Waals surface area contributed by atoms with E-state index in [9.17, 15) is 4.79 Å². The molecule has 1 amide bonds. The maximum atomic E-state index is 12.0. The van der Waals surface area contributed by atoms with Crippen molar-refractivity contribution >= 4 is 5.91 Å². The molecule has 1 aromatic heterocycles. The number of nitrogens with zero attached hydrogens (tertiary/aromatic N) is 3. The van der Waals surface area contributed by atoms with Crippen molar-refractivity contribution in [3.8, 4) is 0 Å². The number of amides is 1. The first-order valence-electron chi connectivity index (χ1n) is 7.80. The average molecular weight is 276 g/mol. The Morgan fingerprint density at radius 1 is 1.35 bits per heavy atom. The van der Waals surface area contributed by atoms with Crippen LogP contribution in [0, 0.1) is 5.92 Å². The zero-order valence-corrected chi connectivity index (χ0v) is 12.2. The minimum absolute atomic E-state index is 0.358. The zero-order valence-electron chi connectivity index (χ0n) is 12.2. The molecule has 1 aliphatic carbocycles. The topological polar surface area (TPSA) is 50.2 Å². The number of piperidine rings is 1. The van der Waals surface area contributed by atoms with E-state index in [-0.39, 0.29) is 0 Å². The number of aromatic nitrogens is 2. The van der Waals surface area contributed by atoms with Crippen LogP contribution >= 0.6 is 0 Å². The van der Waals surface area contributed by atoms with Crippen molar-refractivity contribution in [2.75, 3.05) is 13.1 Å². The number of aryl methyl sites for hydroxylation is 1. The zero-order chi connectivity index (χ0) is 13.9. The molecule has 1 saturated heterocycles. The smallest absolute Gasteiger partial charge is 0.225 e. The van der Waals surface area contributed by atoms with Crippen LogP contribution in [0.5, 0.6) is 0 Å². The number of rotatable bonds is 5. The Hall–Kier alpha value is -1.36. The van der Waals surface area contributed by atoms with E-state index in [1.165, 1.54) is 0 Å². The van der Waals surface area contributed by atoms with Gasteiger partial charge >= 0.3 is 0 Å². The molecule has 0 spiro atoms. The van der Waals surface area contributed by atoms with Gasteiger partial charge in [0.05, 0.1) is 6.54 Å². The summed E-state index contributed by atoms with van der Waals surface area (Å²) in [6, 6.07) is 0.514. The Balaban J connectivity index is 1.43. The van der Waals surface area contributed by atoms with Crippen molar-refractivity contribution in [2.24, 2.45) is 5.92 Å². The van der Waals surface area contributed by atoms with E-state index in [4.69, 9.17) is 0 Å². The van der Waals surface area contributed by atoms with Crippen LogP contribution in [0.4, 0.5) is 0 Å². The number of imidazole rings is 1. The van der Waals surface area contributed by atoms with Crippen LogP contribution in [-0.2, 0) is 17.9 Å². The highest BCUT2D eigenvalue weighted by molar-refractivity contribution is 5.81. The van der Waals surface area contributed by atoms with Gasteiger partial charge in [-0.25, -0.2) is 4.98 Å². The van der Waals surface area contributed by atoms with E-state index in [2.05, 4.69) is 26.7 Å². The van der Waals surface area contributed by atoms with E-state index in [1.54, 1.807) is 0 Å². The first kappa shape index (κ1) is 13.6. The second kappa shape index (κ2) is 5.95. The van der Waals surface area contributed by atoms with Crippen LogP contribution in [0.2, 0.25) is 0 Å². The summed E-state index contributed by atoms with van der Waals surface area (Å²) < 4.78 is 2.17. The molecule has 2 fully saturated rings. The molecule has 2 aliphatic rings. The number of likely N-dealkylation sites (tertiary alicyclic amines) is 1. The lowest BCUT2D eigenvalue weighted by molar-refractivity contribution is -0.133. The van der Waals surface area contributed by atoms with E-state index < -0.39 is 0 Å². The molecule has 1 aliphatic heterocycles. The van der Waals surface area contributed by atoms with E-state index in [1.807, 2.05) is 12.4 Å². The molecule has 1 saturated carbocycles. The molecule has 0 unspecified atom stereocenters. The Morgan fingerprint density at radius 3 is 2.75 bits per heavy atom. The molecule has 5 heteroatoms. The summed E-state index contributed by atoms with van der Waals surface area (Å²) in [7, 11) is 0. The second-order valence-electron chi connectivity index (χ2n) is 5.88. The fourth-order valence-corrected chi connectivity index (χ4v) is 2.92. The molecular formula is C15H24N4O. The van der Waals surface area contributed by atoms with Gasteiger partial charge in [-0.3, -0.25) is 4.79 Å². The van der Waals surface area contributed by atoms with Gasteiger partial charge in [0.1, 0.15) is 5.82 Å². The van der Waals surface area contributed by atoms with Crippen LogP contribution < -0.4 is 5.32 Å². The van der Waals surface area contributed by atoms with Crippen LogP contribution in [-0.4, -0.2) is 39.5 Å². The summed E-state index contributed by atoms with van der Waals surface area (Å²) in [4.78, 5) is 18.4. The Bertz CT molecular complexity index is 458. The molecule has 0 aromatic carbocycles. The van der Waals surface area contributed by atoms with Crippen LogP contribution in [0.3, 0.4) is 0 Å². The number of carbonyl (C=O) groups excluding carboxylic acids is 1. The van der Waals surface area contributed by atoms with E-state index >= 15 is 0 Å². The van der Waals surface area contributed by atoms with Crippen molar-refractivity contribution in [3.63, 3.8) is 0 Å². The van der Waals surface area contributed by atoms with Crippen LogP contribution in [0.15, 0.2) is 12.4 Å². The van der Waals surface area contributed by atoms with Gasteiger partial charge in [-0.05, 0) is 32.6 Å². The first-order valence-corrected chi connectivity index (χ1v) is 7.80. The Labute approximate surface area is 120 Å². The highest BCUT2D eigenvalue weighted by Crippen LogP contribution is 2.31. The molecule has 1 aromatic rings. The highest BCUT2D eigenvalue weighted by Gasteiger charge is 2.34. The predicted octanol–water partition coefficient (Wildman–Crippen LogP) is 1.39. The summed E-state index contributed by atoms with van der Waals surface area (Å²) in [5.74, 6) is 1.85. The van der Waals surface area contributed by atoms with Crippen molar-refractivity contribution in [3.05, 3.63) is 18.2 Å². The number of hydrogen-bond acceptors (Lipinski definition) is 3. The summed E-state index contributed by atoms with van der Waals surface area (Å²) in [6.45, 7) is 5.74. The van der Waals surface area contributed by atoms with Gasteiger partial charge in [-0.15, -0.1) is 0 Å². The molecule has 110 valence electrons. The monoisotopic (exact) mass is 276 g/mol. The summed E-state index contributed by atoms with van der Waals surface area (Å²) >= 11 is 0. The third-order valence-electron chi connectivity index (χ3n) is 4.42. The Morgan fingerprint density at radius 2 is 2.10 bits per heavy atom. The standard InChI is InChI=1S/C15H24N4O/c1-2-18-10-7-16-14(18)11-17-13-5-8-19(9-6-13)15(20)12-3-4-12/h7,10,12-13,17H,2-6,8-9,11H2,1H3. The van der Waals surface area contributed by atoms with Gasteiger partial charge in [0.25, 0.3) is 0 Å². The van der Waals surface area contributed by atoms with Crippen molar-refractivity contribution in [1.82, 2.24) is 19.8 Å². The van der Waals surface area contributed by atoms with Crippen molar-refractivity contribution in [1.29, 1.82) is 0 Å². The second-order valence-corrected chi connectivity index (χ2v) is 5.88. The molecule has 2 heterocycles. The summed E-state index contributed by atoms with van der Waals surface area (Å²) in [5.41, 5.74) is 0. The van der Waals surface area contributed by atoms with E-state index in [0.29, 0.717) is 17.9 Å². The first-order chi connectivity index (χ1) is 9.78. The lowest BCUT2D eigenvalue weighted by Gasteiger charge is -2.32. The average Bonchev–Trinajstić information content (AvgIpc) is 3.24. The van der Waals surface area contributed by atoms with Gasteiger partial charge in [0.2, 0.25) is 5.91 Å². The van der Waals surface area contributed by atoms with Gasteiger partial charge in [0.15, 0.2) is 0 Å². The molecule has 0 atom stereocenters. The predicted molar refractivity (Wildman–Crippen MR) is 77.1 cm³/mol. The van der Waals surface area contributed by atoms with Crippen LogP contribution in [0.1, 0.15) is 38.4 Å². The lowest BCUT2D eigenvalue weighted by Crippen LogP contribution is -2.45. The third-order valence-corrected chi connectivity index (χ3v) is 4.42. The van der Waals surface area contributed by atoms with Crippen LogP contribution in [0.25, 0.3) is 0 Å². The largest absolute Gasteiger partial charge is 0.342 e. The SMILES string of the molecule is CCn1ccnc1CNC1CCN(C(=O)C2CC2)CC1. The lowest BCUT2D eigenvalue weighted by atomic mass is 10.0. The minimum atomic E-state index is 0.358. The van der Waals surface area contributed by atoms with Gasteiger partial charge in [-0.2, -0.15) is 0 Å². The molecule has 0 radical (unpaired) electrons. The molecule has 5 nitrogen and oxygen atoms in total. The van der Waals surface area contributed by atoms with Gasteiger partial charge in [0, 0.05) is 44.0 Å². The molecule has 3 rings (SSSR count). The molecule has 0 bridgehead atoms. The normalized spacial score (nSPS) is 20.4. The van der Waals surface area contributed by atoms with Gasteiger partial charge < -0.3 is 14.8 Å². The number of nitrogens with one attached hydrogen (secondary N) is 1. The molecule has 1 N–H and O–H groups in total. The quantitative estimate of drug-likeness (QED) is 0.884. The summed E-state index contributed by atoms with van der Waals surface area (Å²) in [5, 5.41) is 3.58. The number of hydrogen-bond donors (Lipinski definition) is 1. The molecular weight excluding hydrogens is 252 g/mol. The highest BCUT2D eigenvalue weighted by atomic mass is 16.2. The fourth-order valence-electron chi connectivity index (χ4n) is 2.92. The summed E-state index contributed by atoms with van der Waals surface area (Å²) in [6.07, 6.45) is 8.22. The van der Waals surface area contributed by atoms with Crippen molar-refractivity contribution < 1.29 is 4.79 Å². The van der Waals surface area contributed by atoms with Crippen molar-refractivity contribution in [2.45, 2.75) is 51.7 Å². The number of carbonyl (C=O) groups is 1.